The van der Waals surface area contributed by atoms with Gasteiger partial charge < -0.3 is 20.5 Å². The molecule has 0 saturated carbocycles. The first kappa shape index (κ1) is 20.6. The largest absolute Gasteiger partial charge is 0.496 e. The Balaban J connectivity index is 2.05. The van der Waals surface area contributed by atoms with E-state index in [0.29, 0.717) is 11.6 Å². The first-order chi connectivity index (χ1) is 12.7. The van der Waals surface area contributed by atoms with Crippen LogP contribution in [-0.2, 0) is 9.53 Å². The van der Waals surface area contributed by atoms with E-state index in [9.17, 15) is 9.59 Å². The highest BCUT2D eigenvalue weighted by atomic mass is 35.5. The van der Waals surface area contributed by atoms with Crippen molar-refractivity contribution in [3.8, 4) is 5.75 Å². The van der Waals surface area contributed by atoms with Gasteiger partial charge in [0.1, 0.15) is 11.3 Å². The van der Waals surface area contributed by atoms with Gasteiger partial charge in [-0.3, -0.25) is 4.79 Å². The number of nitrogen functional groups attached to an aromatic ring is 1. The number of hydrogen-bond acceptors (Lipinski definition) is 5. The first-order valence-corrected chi connectivity index (χ1v) is 8.85. The SMILES string of the molecule is COc1cc(N)c(Cl)cc1C(=O)OC(C)C(=O)Nc1ccc(C(C)C)cc1. The summed E-state index contributed by atoms with van der Waals surface area (Å²) in [5, 5.41) is 2.92. The summed E-state index contributed by atoms with van der Waals surface area (Å²) >= 11 is 5.96. The smallest absolute Gasteiger partial charge is 0.342 e. The molecule has 27 heavy (non-hydrogen) atoms. The molecular formula is C20H23ClN2O4. The standard InChI is InChI=1S/C20H23ClN2O4/c1-11(2)13-5-7-14(8-6-13)23-19(24)12(3)27-20(25)15-9-16(21)17(22)10-18(15)26-4/h5-12H,22H2,1-4H3,(H,23,24). The molecule has 0 aliphatic carbocycles. The van der Waals surface area contributed by atoms with Gasteiger partial charge in [0.15, 0.2) is 6.10 Å². The maximum atomic E-state index is 12.4. The van der Waals surface area contributed by atoms with Crippen LogP contribution in [-0.4, -0.2) is 25.1 Å². The number of halogens is 1. The van der Waals surface area contributed by atoms with E-state index < -0.39 is 18.0 Å². The van der Waals surface area contributed by atoms with E-state index in [1.165, 1.54) is 31.7 Å². The third-order valence-electron chi connectivity index (χ3n) is 4.04. The fraction of sp³-hybridized carbons (Fsp3) is 0.300. The van der Waals surface area contributed by atoms with Gasteiger partial charge in [0, 0.05) is 11.8 Å². The topological polar surface area (TPSA) is 90.7 Å². The van der Waals surface area contributed by atoms with E-state index in [1.807, 2.05) is 24.3 Å². The summed E-state index contributed by atoms with van der Waals surface area (Å²) in [5.41, 5.74) is 7.87. The number of amides is 1. The van der Waals surface area contributed by atoms with E-state index in [-0.39, 0.29) is 22.0 Å². The molecule has 144 valence electrons. The molecular weight excluding hydrogens is 368 g/mol. The lowest BCUT2D eigenvalue weighted by molar-refractivity contribution is -0.123. The maximum absolute atomic E-state index is 12.4. The Morgan fingerprint density at radius 1 is 1.11 bits per heavy atom. The van der Waals surface area contributed by atoms with Crippen molar-refractivity contribution in [1.29, 1.82) is 0 Å². The summed E-state index contributed by atoms with van der Waals surface area (Å²) in [5.74, 6) is -0.553. The second kappa shape index (κ2) is 8.77. The third kappa shape index (κ3) is 5.14. The van der Waals surface area contributed by atoms with Crippen molar-refractivity contribution in [3.05, 3.63) is 52.5 Å². The summed E-state index contributed by atoms with van der Waals surface area (Å²) < 4.78 is 10.4. The molecule has 7 heteroatoms. The van der Waals surface area contributed by atoms with Gasteiger partial charge in [-0.2, -0.15) is 0 Å². The Labute approximate surface area is 163 Å². The number of methoxy groups -OCH3 is 1. The minimum absolute atomic E-state index is 0.0950. The van der Waals surface area contributed by atoms with E-state index in [4.69, 9.17) is 26.8 Å². The Morgan fingerprint density at radius 2 is 1.74 bits per heavy atom. The molecule has 0 aliphatic rings. The van der Waals surface area contributed by atoms with E-state index in [2.05, 4.69) is 19.2 Å². The zero-order chi connectivity index (χ0) is 20.1. The highest BCUT2D eigenvalue weighted by Crippen LogP contribution is 2.29. The number of benzene rings is 2. The Morgan fingerprint density at radius 3 is 2.30 bits per heavy atom. The van der Waals surface area contributed by atoms with Gasteiger partial charge in [-0.1, -0.05) is 37.6 Å². The lowest BCUT2D eigenvalue weighted by Gasteiger charge is -2.16. The van der Waals surface area contributed by atoms with Crippen molar-refractivity contribution in [2.24, 2.45) is 0 Å². The van der Waals surface area contributed by atoms with Crippen LogP contribution in [0.15, 0.2) is 36.4 Å². The minimum atomic E-state index is -1.01. The van der Waals surface area contributed by atoms with Crippen molar-refractivity contribution < 1.29 is 19.1 Å². The van der Waals surface area contributed by atoms with Gasteiger partial charge in [-0.15, -0.1) is 0 Å². The first-order valence-electron chi connectivity index (χ1n) is 8.47. The van der Waals surface area contributed by atoms with Gasteiger partial charge in [-0.25, -0.2) is 4.79 Å². The lowest BCUT2D eigenvalue weighted by atomic mass is 10.0. The highest BCUT2D eigenvalue weighted by molar-refractivity contribution is 6.33. The minimum Gasteiger partial charge on any atom is -0.496 e. The molecule has 1 amide bonds. The number of hydrogen-bond donors (Lipinski definition) is 2. The molecule has 2 rings (SSSR count). The zero-order valence-electron chi connectivity index (χ0n) is 15.7. The van der Waals surface area contributed by atoms with Crippen molar-refractivity contribution >= 4 is 34.9 Å². The molecule has 2 aromatic rings. The number of carbonyl (C=O) groups is 2. The number of nitrogens with one attached hydrogen (secondary N) is 1. The van der Waals surface area contributed by atoms with Crippen LogP contribution < -0.4 is 15.8 Å². The second-order valence-electron chi connectivity index (χ2n) is 6.39. The summed E-state index contributed by atoms with van der Waals surface area (Å²) in [6, 6.07) is 10.3. The number of nitrogens with two attached hydrogens (primary N) is 1. The maximum Gasteiger partial charge on any atom is 0.342 e. The summed E-state index contributed by atoms with van der Waals surface area (Å²) in [4.78, 5) is 24.7. The Bertz CT molecular complexity index is 835. The molecule has 0 aliphatic heterocycles. The van der Waals surface area contributed by atoms with Crippen LogP contribution in [0.4, 0.5) is 11.4 Å². The van der Waals surface area contributed by atoms with Crippen LogP contribution in [0.25, 0.3) is 0 Å². The quantitative estimate of drug-likeness (QED) is 0.568. The third-order valence-corrected chi connectivity index (χ3v) is 4.36. The number of ether oxygens (including phenoxy) is 2. The molecule has 0 bridgehead atoms. The van der Waals surface area contributed by atoms with Crippen LogP contribution in [0, 0.1) is 0 Å². The molecule has 0 fully saturated rings. The summed E-state index contributed by atoms with van der Waals surface area (Å²) in [6.45, 7) is 5.67. The number of anilines is 2. The zero-order valence-corrected chi connectivity index (χ0v) is 16.5. The molecule has 6 nitrogen and oxygen atoms in total. The summed E-state index contributed by atoms with van der Waals surface area (Å²) in [7, 11) is 1.40. The van der Waals surface area contributed by atoms with Crippen LogP contribution >= 0.6 is 11.6 Å². The molecule has 0 saturated heterocycles. The predicted octanol–water partition coefficient (Wildman–Crippen LogP) is 4.24. The number of rotatable bonds is 6. The fourth-order valence-corrected chi connectivity index (χ4v) is 2.53. The van der Waals surface area contributed by atoms with Crippen LogP contribution in [0.1, 0.15) is 42.6 Å². The van der Waals surface area contributed by atoms with Crippen molar-refractivity contribution in [1.82, 2.24) is 0 Å². The van der Waals surface area contributed by atoms with Gasteiger partial charge in [0.25, 0.3) is 5.91 Å². The Hall–Kier alpha value is -2.73. The molecule has 0 aromatic heterocycles. The van der Waals surface area contributed by atoms with E-state index in [0.717, 1.165) is 0 Å². The van der Waals surface area contributed by atoms with Crippen LogP contribution in [0.5, 0.6) is 5.75 Å². The number of carbonyl (C=O) groups excluding carboxylic acids is 2. The van der Waals surface area contributed by atoms with Crippen molar-refractivity contribution in [3.63, 3.8) is 0 Å². The van der Waals surface area contributed by atoms with Crippen molar-refractivity contribution in [2.45, 2.75) is 32.8 Å². The molecule has 3 N–H and O–H groups in total. The monoisotopic (exact) mass is 390 g/mol. The highest BCUT2D eigenvalue weighted by Gasteiger charge is 2.22. The molecule has 0 heterocycles. The lowest BCUT2D eigenvalue weighted by Crippen LogP contribution is -2.30. The molecule has 1 unspecified atom stereocenters. The average molecular weight is 391 g/mol. The summed E-state index contributed by atoms with van der Waals surface area (Å²) in [6.07, 6.45) is -1.01. The average Bonchev–Trinajstić information content (AvgIpc) is 2.63. The van der Waals surface area contributed by atoms with Gasteiger partial charge in [0.05, 0.1) is 17.8 Å². The number of esters is 1. The second-order valence-corrected chi connectivity index (χ2v) is 6.79. The molecule has 0 spiro atoms. The van der Waals surface area contributed by atoms with Crippen molar-refractivity contribution in [2.75, 3.05) is 18.2 Å². The van der Waals surface area contributed by atoms with Gasteiger partial charge >= 0.3 is 5.97 Å². The molecule has 1 atom stereocenters. The molecule has 0 radical (unpaired) electrons. The van der Waals surface area contributed by atoms with Crippen LogP contribution in [0.2, 0.25) is 5.02 Å². The predicted molar refractivity (Wildman–Crippen MR) is 106 cm³/mol. The van der Waals surface area contributed by atoms with E-state index in [1.54, 1.807) is 0 Å². The normalized spacial score (nSPS) is 11.8. The van der Waals surface area contributed by atoms with Gasteiger partial charge in [-0.05, 0) is 36.6 Å². The van der Waals surface area contributed by atoms with E-state index >= 15 is 0 Å². The molecule has 2 aromatic carbocycles. The Kier molecular flexibility index (Phi) is 6.69. The van der Waals surface area contributed by atoms with Gasteiger partial charge in [0.2, 0.25) is 0 Å². The van der Waals surface area contributed by atoms with Crippen LogP contribution in [0.3, 0.4) is 0 Å². The fourth-order valence-electron chi connectivity index (χ4n) is 2.37.